The molecule has 0 unspecified atom stereocenters. The van der Waals surface area contributed by atoms with E-state index in [4.69, 9.17) is 0 Å². The lowest BCUT2D eigenvalue weighted by Gasteiger charge is -2.10. The molecule has 3 heterocycles. The molecule has 0 aliphatic carbocycles. The van der Waals surface area contributed by atoms with Gasteiger partial charge in [-0.2, -0.15) is 4.98 Å². The standard InChI is InChI=1S/C16H18N6OS/c1-9-5-6-17-13(7-9)19-14(23)8-12-10(2)18-15-20-16(24-4)21-22(15)11(12)3/h5-7H,8H2,1-4H3,(H,17,19,23). The van der Waals surface area contributed by atoms with Gasteiger partial charge in [0.15, 0.2) is 0 Å². The minimum Gasteiger partial charge on any atom is -0.310 e. The van der Waals surface area contributed by atoms with E-state index in [1.807, 2.05) is 39.2 Å². The number of amides is 1. The van der Waals surface area contributed by atoms with Gasteiger partial charge in [-0.25, -0.2) is 14.5 Å². The van der Waals surface area contributed by atoms with Crippen LogP contribution in [0.4, 0.5) is 5.82 Å². The van der Waals surface area contributed by atoms with Crippen molar-refractivity contribution < 1.29 is 4.79 Å². The first-order valence-corrected chi connectivity index (χ1v) is 8.69. The summed E-state index contributed by atoms with van der Waals surface area (Å²) in [4.78, 5) is 25.3. The molecule has 0 bridgehead atoms. The number of nitrogens with one attached hydrogen (secondary N) is 1. The molecule has 0 saturated heterocycles. The number of carbonyl (C=O) groups is 1. The predicted molar refractivity (Wildman–Crippen MR) is 93.3 cm³/mol. The fraction of sp³-hybridized carbons (Fsp3) is 0.312. The van der Waals surface area contributed by atoms with Crippen molar-refractivity contribution in [1.82, 2.24) is 24.6 Å². The molecule has 0 aromatic carbocycles. The molecule has 0 spiro atoms. The summed E-state index contributed by atoms with van der Waals surface area (Å²) in [5.74, 6) is 0.972. The molecule has 7 nitrogen and oxygen atoms in total. The minimum atomic E-state index is -0.134. The Labute approximate surface area is 143 Å². The summed E-state index contributed by atoms with van der Waals surface area (Å²) in [7, 11) is 0. The number of fused-ring (bicyclic) bond motifs is 1. The van der Waals surface area contributed by atoms with Gasteiger partial charge < -0.3 is 5.32 Å². The third-order valence-electron chi connectivity index (χ3n) is 3.73. The fourth-order valence-electron chi connectivity index (χ4n) is 2.48. The number of hydrogen-bond donors (Lipinski definition) is 1. The topological polar surface area (TPSA) is 85.1 Å². The average Bonchev–Trinajstić information content (AvgIpc) is 2.94. The third kappa shape index (κ3) is 3.23. The Morgan fingerprint density at radius 1 is 1.29 bits per heavy atom. The van der Waals surface area contributed by atoms with Crippen LogP contribution in [-0.4, -0.2) is 36.7 Å². The molecule has 0 fully saturated rings. The van der Waals surface area contributed by atoms with E-state index in [9.17, 15) is 4.79 Å². The van der Waals surface area contributed by atoms with Crippen molar-refractivity contribution >= 4 is 29.3 Å². The quantitative estimate of drug-likeness (QED) is 0.733. The normalized spacial score (nSPS) is 11.0. The first-order valence-electron chi connectivity index (χ1n) is 7.47. The largest absolute Gasteiger partial charge is 0.310 e. The third-order valence-corrected chi connectivity index (χ3v) is 4.27. The van der Waals surface area contributed by atoms with Crippen LogP contribution in [-0.2, 0) is 11.2 Å². The van der Waals surface area contributed by atoms with Gasteiger partial charge in [0.05, 0.1) is 6.42 Å². The van der Waals surface area contributed by atoms with Crippen molar-refractivity contribution in [2.45, 2.75) is 32.3 Å². The van der Waals surface area contributed by atoms with Gasteiger partial charge in [0.1, 0.15) is 5.82 Å². The highest BCUT2D eigenvalue weighted by atomic mass is 32.2. The molecule has 0 radical (unpaired) electrons. The Hall–Kier alpha value is -2.48. The monoisotopic (exact) mass is 342 g/mol. The van der Waals surface area contributed by atoms with Crippen LogP contribution in [0.1, 0.15) is 22.5 Å². The summed E-state index contributed by atoms with van der Waals surface area (Å²) in [6.45, 7) is 5.76. The molecule has 0 aliphatic rings. The molecule has 124 valence electrons. The second-order valence-corrected chi connectivity index (χ2v) is 6.29. The second kappa shape index (κ2) is 6.56. The predicted octanol–water partition coefficient (Wildman–Crippen LogP) is 2.35. The van der Waals surface area contributed by atoms with Crippen LogP contribution >= 0.6 is 11.8 Å². The zero-order valence-corrected chi connectivity index (χ0v) is 14.8. The van der Waals surface area contributed by atoms with Crippen LogP contribution in [0.2, 0.25) is 0 Å². The van der Waals surface area contributed by atoms with Gasteiger partial charge in [0.2, 0.25) is 11.1 Å². The van der Waals surface area contributed by atoms with Crippen molar-refractivity contribution in [2.75, 3.05) is 11.6 Å². The summed E-state index contributed by atoms with van der Waals surface area (Å²) in [5, 5.41) is 7.88. The molecule has 3 rings (SSSR count). The summed E-state index contributed by atoms with van der Waals surface area (Å²) in [5.41, 5.74) is 3.55. The van der Waals surface area contributed by atoms with E-state index in [-0.39, 0.29) is 12.3 Å². The van der Waals surface area contributed by atoms with Gasteiger partial charge in [0.25, 0.3) is 5.78 Å². The molecular weight excluding hydrogens is 324 g/mol. The zero-order valence-electron chi connectivity index (χ0n) is 14.0. The molecule has 24 heavy (non-hydrogen) atoms. The number of pyridine rings is 1. The Morgan fingerprint density at radius 3 is 2.79 bits per heavy atom. The van der Waals surface area contributed by atoms with Crippen LogP contribution in [0, 0.1) is 20.8 Å². The van der Waals surface area contributed by atoms with Gasteiger partial charge in [-0.15, -0.1) is 5.10 Å². The summed E-state index contributed by atoms with van der Waals surface area (Å²) >= 11 is 1.46. The van der Waals surface area contributed by atoms with Crippen LogP contribution in [0.3, 0.4) is 0 Å². The lowest BCUT2D eigenvalue weighted by atomic mass is 10.1. The van der Waals surface area contributed by atoms with E-state index in [0.29, 0.717) is 16.8 Å². The summed E-state index contributed by atoms with van der Waals surface area (Å²) in [6.07, 6.45) is 3.80. The smallest absolute Gasteiger partial charge is 0.253 e. The number of aryl methyl sites for hydroxylation is 3. The number of nitrogens with zero attached hydrogens (tertiary/aromatic N) is 5. The van der Waals surface area contributed by atoms with Crippen molar-refractivity contribution in [3.8, 4) is 0 Å². The number of rotatable bonds is 4. The van der Waals surface area contributed by atoms with Gasteiger partial charge in [-0.1, -0.05) is 11.8 Å². The Morgan fingerprint density at radius 2 is 2.08 bits per heavy atom. The molecular formula is C16H18N6OS. The van der Waals surface area contributed by atoms with Crippen molar-refractivity contribution in [2.24, 2.45) is 0 Å². The van der Waals surface area contributed by atoms with Crippen LogP contribution in [0.15, 0.2) is 23.5 Å². The summed E-state index contributed by atoms with van der Waals surface area (Å²) in [6, 6.07) is 3.72. The number of thioether (sulfide) groups is 1. The highest BCUT2D eigenvalue weighted by Crippen LogP contribution is 2.17. The van der Waals surface area contributed by atoms with E-state index in [1.165, 1.54) is 11.8 Å². The maximum absolute atomic E-state index is 12.4. The maximum Gasteiger partial charge on any atom is 0.253 e. The SMILES string of the molecule is CSc1nc2nc(C)c(CC(=O)Nc3cc(C)ccn3)c(C)n2n1. The number of anilines is 1. The highest BCUT2D eigenvalue weighted by Gasteiger charge is 2.16. The van der Waals surface area contributed by atoms with Gasteiger partial charge in [0, 0.05) is 23.1 Å². The first-order chi connectivity index (χ1) is 11.5. The number of aromatic nitrogens is 5. The van der Waals surface area contributed by atoms with Gasteiger partial charge in [-0.3, -0.25) is 4.79 Å². The fourth-order valence-corrected chi connectivity index (χ4v) is 2.82. The minimum absolute atomic E-state index is 0.134. The highest BCUT2D eigenvalue weighted by molar-refractivity contribution is 7.98. The maximum atomic E-state index is 12.4. The Balaban J connectivity index is 1.87. The molecule has 0 atom stereocenters. The first kappa shape index (κ1) is 16.4. The molecule has 1 amide bonds. The van der Waals surface area contributed by atoms with Crippen molar-refractivity contribution in [3.63, 3.8) is 0 Å². The second-order valence-electron chi connectivity index (χ2n) is 5.51. The lowest BCUT2D eigenvalue weighted by Crippen LogP contribution is -2.18. The molecule has 3 aromatic rings. The van der Waals surface area contributed by atoms with Gasteiger partial charge >= 0.3 is 0 Å². The molecule has 0 aliphatic heterocycles. The molecule has 3 aromatic heterocycles. The van der Waals surface area contributed by atoms with E-state index in [1.54, 1.807) is 10.7 Å². The number of carbonyl (C=O) groups excluding carboxylic acids is 1. The van der Waals surface area contributed by atoms with Gasteiger partial charge in [-0.05, 0) is 44.7 Å². The number of hydrogen-bond acceptors (Lipinski definition) is 6. The van der Waals surface area contributed by atoms with E-state index >= 15 is 0 Å². The van der Waals surface area contributed by atoms with Crippen LogP contribution in [0.25, 0.3) is 5.78 Å². The zero-order chi connectivity index (χ0) is 17.3. The molecule has 8 heteroatoms. The van der Waals surface area contributed by atoms with Crippen molar-refractivity contribution in [1.29, 1.82) is 0 Å². The summed E-state index contributed by atoms with van der Waals surface area (Å²) < 4.78 is 1.69. The average molecular weight is 342 g/mol. The Kier molecular flexibility index (Phi) is 4.48. The lowest BCUT2D eigenvalue weighted by molar-refractivity contribution is -0.115. The van der Waals surface area contributed by atoms with Crippen LogP contribution in [0.5, 0.6) is 0 Å². The van der Waals surface area contributed by atoms with E-state index in [2.05, 4.69) is 25.4 Å². The molecule has 1 N–H and O–H groups in total. The van der Waals surface area contributed by atoms with Crippen molar-refractivity contribution in [3.05, 3.63) is 40.8 Å². The van der Waals surface area contributed by atoms with Crippen LogP contribution < -0.4 is 5.32 Å². The van der Waals surface area contributed by atoms with E-state index in [0.717, 1.165) is 22.5 Å². The Bertz CT molecular complexity index is 920. The molecule has 0 saturated carbocycles. The van der Waals surface area contributed by atoms with E-state index < -0.39 is 0 Å².